The van der Waals surface area contributed by atoms with Gasteiger partial charge in [-0.05, 0) is 31.0 Å². The fraction of sp³-hybridized carbons (Fsp3) is 0.412. The van der Waals surface area contributed by atoms with Gasteiger partial charge in [-0.2, -0.15) is 0 Å². The van der Waals surface area contributed by atoms with Crippen LogP contribution >= 0.6 is 22.9 Å². The number of carboxylic acid groups (broad SMARTS) is 1. The number of aliphatic carboxylic acids is 1. The molecule has 0 aliphatic carbocycles. The zero-order valence-corrected chi connectivity index (χ0v) is 14.9. The smallest absolute Gasteiger partial charge is 0.341 e. The summed E-state index contributed by atoms with van der Waals surface area (Å²) in [6.45, 7) is 2.58. The highest BCUT2D eigenvalue weighted by atomic mass is 35.5. The number of hydrogen-bond acceptors (Lipinski definition) is 5. The third-order valence-corrected chi connectivity index (χ3v) is 5.30. The quantitative estimate of drug-likeness (QED) is 0.819. The molecular formula is C17H19ClN2O3S. The Balaban J connectivity index is 1.97. The summed E-state index contributed by atoms with van der Waals surface area (Å²) in [5, 5.41) is 14.1. The molecular weight excluding hydrogens is 348 g/mol. The molecule has 0 amide bonds. The van der Waals surface area contributed by atoms with Crippen LogP contribution in [0.1, 0.15) is 40.5 Å². The van der Waals surface area contributed by atoms with Gasteiger partial charge in [0.15, 0.2) is 6.61 Å². The molecule has 0 spiro atoms. The van der Waals surface area contributed by atoms with E-state index in [4.69, 9.17) is 26.4 Å². The van der Waals surface area contributed by atoms with Gasteiger partial charge >= 0.3 is 5.97 Å². The molecule has 0 radical (unpaired) electrons. The second kappa shape index (κ2) is 7.51. The van der Waals surface area contributed by atoms with Crippen molar-refractivity contribution >= 4 is 28.9 Å². The lowest BCUT2D eigenvalue weighted by Crippen LogP contribution is -2.30. The molecule has 0 fully saturated rings. The average molecular weight is 367 g/mol. The van der Waals surface area contributed by atoms with E-state index in [1.165, 1.54) is 4.88 Å². The Morgan fingerprint density at radius 1 is 1.54 bits per heavy atom. The normalized spacial score (nSPS) is 16.7. The topological polar surface area (TPSA) is 71.5 Å². The third-order valence-electron chi connectivity index (χ3n) is 3.84. The van der Waals surface area contributed by atoms with Crippen LogP contribution in [0, 0.1) is 0 Å². The van der Waals surface area contributed by atoms with Crippen LogP contribution in [-0.2, 0) is 17.6 Å². The van der Waals surface area contributed by atoms with E-state index in [1.54, 1.807) is 23.5 Å². The van der Waals surface area contributed by atoms with Crippen molar-refractivity contribution in [1.29, 1.82) is 0 Å². The van der Waals surface area contributed by atoms with E-state index in [0.717, 1.165) is 42.1 Å². The molecule has 24 heavy (non-hydrogen) atoms. The van der Waals surface area contributed by atoms with E-state index in [0.29, 0.717) is 10.8 Å². The summed E-state index contributed by atoms with van der Waals surface area (Å²) in [6.07, 6.45) is 2.94. The monoisotopic (exact) mass is 366 g/mol. The Hall–Kier alpha value is -1.63. The molecule has 7 heteroatoms. The predicted molar refractivity (Wildman–Crippen MR) is 94.2 cm³/mol. The second-order valence-corrected chi connectivity index (χ2v) is 7.22. The number of hydrogen-bond donors (Lipinski definition) is 2. The highest BCUT2D eigenvalue weighted by molar-refractivity contribution is 7.11. The number of thiazole rings is 1. The standard InChI is InChI=1S/C17H19ClN2O3S/c1-2-3-14-20-12-6-7-19-16(17(12)24-14)11-8-10(18)4-5-13(11)23-9-15(21)22/h4-5,8,16,19H,2-3,6-7,9H2,1H3,(H,21,22). The number of carbonyl (C=O) groups is 1. The molecule has 0 bridgehead atoms. The first kappa shape index (κ1) is 17.2. The van der Waals surface area contributed by atoms with E-state index in [1.807, 2.05) is 6.07 Å². The molecule has 2 N–H and O–H groups in total. The maximum Gasteiger partial charge on any atom is 0.341 e. The first-order valence-electron chi connectivity index (χ1n) is 7.94. The Morgan fingerprint density at radius 2 is 2.38 bits per heavy atom. The molecule has 128 valence electrons. The minimum Gasteiger partial charge on any atom is -0.482 e. The van der Waals surface area contributed by atoms with Crippen LogP contribution in [0.25, 0.3) is 0 Å². The minimum absolute atomic E-state index is 0.0700. The van der Waals surface area contributed by atoms with Gasteiger partial charge < -0.3 is 15.2 Å². The van der Waals surface area contributed by atoms with Crippen molar-refractivity contribution in [2.24, 2.45) is 0 Å². The van der Waals surface area contributed by atoms with Crippen LogP contribution in [0.15, 0.2) is 18.2 Å². The summed E-state index contributed by atoms with van der Waals surface area (Å²) in [7, 11) is 0. The summed E-state index contributed by atoms with van der Waals surface area (Å²) in [4.78, 5) is 16.8. The van der Waals surface area contributed by atoms with Gasteiger partial charge in [-0.1, -0.05) is 18.5 Å². The van der Waals surface area contributed by atoms with Gasteiger partial charge in [-0.3, -0.25) is 0 Å². The van der Waals surface area contributed by atoms with Crippen LogP contribution in [0.3, 0.4) is 0 Å². The molecule has 2 heterocycles. The van der Waals surface area contributed by atoms with E-state index in [9.17, 15) is 4.79 Å². The van der Waals surface area contributed by atoms with E-state index in [-0.39, 0.29) is 12.6 Å². The minimum atomic E-state index is -1.00. The number of ether oxygens (including phenoxy) is 1. The zero-order valence-electron chi connectivity index (χ0n) is 13.3. The Morgan fingerprint density at radius 3 is 3.12 bits per heavy atom. The zero-order chi connectivity index (χ0) is 17.1. The molecule has 1 aliphatic heterocycles. The highest BCUT2D eigenvalue weighted by Gasteiger charge is 2.28. The van der Waals surface area contributed by atoms with E-state index in [2.05, 4.69) is 12.2 Å². The largest absolute Gasteiger partial charge is 0.482 e. The number of nitrogens with zero attached hydrogens (tertiary/aromatic N) is 1. The predicted octanol–water partition coefficient (Wildman–Crippen LogP) is 3.45. The lowest BCUT2D eigenvalue weighted by molar-refractivity contribution is -0.139. The summed E-state index contributed by atoms with van der Waals surface area (Å²) in [5.74, 6) is -0.464. The van der Waals surface area contributed by atoms with Crippen molar-refractivity contribution in [3.05, 3.63) is 44.4 Å². The molecule has 3 rings (SSSR count). The fourth-order valence-corrected chi connectivity index (χ4v) is 4.32. The van der Waals surface area contributed by atoms with Crippen LogP contribution < -0.4 is 10.1 Å². The molecule has 0 saturated heterocycles. The van der Waals surface area contributed by atoms with Gasteiger partial charge in [0.05, 0.1) is 16.7 Å². The van der Waals surface area contributed by atoms with Gasteiger partial charge in [0, 0.05) is 28.4 Å². The van der Waals surface area contributed by atoms with Gasteiger partial charge in [0.1, 0.15) is 5.75 Å². The Bertz CT molecular complexity index is 747. The molecule has 2 aromatic rings. The van der Waals surface area contributed by atoms with E-state index < -0.39 is 5.97 Å². The third kappa shape index (κ3) is 3.71. The van der Waals surface area contributed by atoms with Gasteiger partial charge in [0.25, 0.3) is 0 Å². The maximum absolute atomic E-state index is 10.8. The molecule has 1 aromatic heterocycles. The van der Waals surface area contributed by atoms with Crippen LogP contribution in [0.5, 0.6) is 5.75 Å². The Kier molecular flexibility index (Phi) is 5.38. The Labute approximate surface area is 149 Å². The number of rotatable bonds is 6. The molecule has 1 aliphatic rings. The van der Waals surface area contributed by atoms with Crippen molar-refractivity contribution in [1.82, 2.24) is 10.3 Å². The summed E-state index contributed by atoms with van der Waals surface area (Å²) < 4.78 is 5.46. The van der Waals surface area contributed by atoms with Crippen LogP contribution in [0.4, 0.5) is 0 Å². The van der Waals surface area contributed by atoms with Crippen molar-refractivity contribution in [2.75, 3.05) is 13.2 Å². The van der Waals surface area contributed by atoms with Crippen LogP contribution in [0.2, 0.25) is 5.02 Å². The maximum atomic E-state index is 10.8. The van der Waals surface area contributed by atoms with Crippen molar-refractivity contribution in [2.45, 2.75) is 32.2 Å². The average Bonchev–Trinajstić information content (AvgIpc) is 2.96. The summed E-state index contributed by atoms with van der Waals surface area (Å²) in [6, 6.07) is 5.20. The van der Waals surface area contributed by atoms with Gasteiger partial charge in [-0.15, -0.1) is 11.3 Å². The van der Waals surface area contributed by atoms with Crippen LogP contribution in [-0.4, -0.2) is 29.2 Å². The van der Waals surface area contributed by atoms with Crippen molar-refractivity contribution < 1.29 is 14.6 Å². The first-order chi connectivity index (χ1) is 11.6. The first-order valence-corrected chi connectivity index (χ1v) is 9.13. The summed E-state index contributed by atoms with van der Waals surface area (Å²) >= 11 is 7.88. The van der Waals surface area contributed by atoms with Crippen molar-refractivity contribution in [3.8, 4) is 5.75 Å². The number of halogens is 1. The number of aryl methyl sites for hydroxylation is 1. The molecule has 1 unspecified atom stereocenters. The SMILES string of the molecule is CCCc1nc2c(s1)C(c1cc(Cl)ccc1OCC(=O)O)NCC2. The highest BCUT2D eigenvalue weighted by Crippen LogP contribution is 2.38. The molecule has 5 nitrogen and oxygen atoms in total. The lowest BCUT2D eigenvalue weighted by atomic mass is 9.99. The molecule has 0 saturated carbocycles. The van der Waals surface area contributed by atoms with Gasteiger partial charge in [-0.25, -0.2) is 9.78 Å². The number of carboxylic acids is 1. The molecule has 1 aromatic carbocycles. The number of aromatic nitrogens is 1. The molecule has 1 atom stereocenters. The number of nitrogens with one attached hydrogen (secondary N) is 1. The summed E-state index contributed by atoms with van der Waals surface area (Å²) in [5.41, 5.74) is 1.98. The fourth-order valence-electron chi connectivity index (χ4n) is 2.83. The number of fused-ring (bicyclic) bond motifs is 1. The number of benzene rings is 1. The van der Waals surface area contributed by atoms with Gasteiger partial charge in [0.2, 0.25) is 0 Å². The second-order valence-electron chi connectivity index (χ2n) is 5.67. The lowest BCUT2D eigenvalue weighted by Gasteiger charge is -2.25. The van der Waals surface area contributed by atoms with E-state index >= 15 is 0 Å². The van der Waals surface area contributed by atoms with Crippen molar-refractivity contribution in [3.63, 3.8) is 0 Å².